The molecule has 0 bridgehead atoms. The number of carbonyl (C=O) groups is 1. The fourth-order valence-electron chi connectivity index (χ4n) is 1.96. The van der Waals surface area contributed by atoms with E-state index in [-0.39, 0.29) is 11.7 Å². The van der Waals surface area contributed by atoms with Crippen LogP contribution in [-0.2, 0) is 4.79 Å². The van der Waals surface area contributed by atoms with Gasteiger partial charge in [0.25, 0.3) is 0 Å². The zero-order valence-electron chi connectivity index (χ0n) is 10.4. The zero-order valence-corrected chi connectivity index (χ0v) is 10.4. The summed E-state index contributed by atoms with van der Waals surface area (Å²) in [7, 11) is 1.69. The van der Waals surface area contributed by atoms with Crippen molar-refractivity contribution in [3.63, 3.8) is 0 Å². The first-order valence-corrected chi connectivity index (χ1v) is 5.75. The molecule has 2 aromatic carbocycles. The molecule has 0 saturated heterocycles. The van der Waals surface area contributed by atoms with Crippen molar-refractivity contribution in [3.05, 3.63) is 36.4 Å². The van der Waals surface area contributed by atoms with Gasteiger partial charge in [0.15, 0.2) is 0 Å². The van der Waals surface area contributed by atoms with Gasteiger partial charge in [-0.2, -0.15) is 0 Å². The highest BCUT2D eigenvalue weighted by Crippen LogP contribution is 2.29. The lowest BCUT2D eigenvalue weighted by atomic mass is 10.1. The number of carbonyl (C=O) groups excluding carboxylic acids is 1. The lowest BCUT2D eigenvalue weighted by Gasteiger charge is -2.21. The Morgan fingerprint density at radius 3 is 2.72 bits per heavy atom. The van der Waals surface area contributed by atoms with Gasteiger partial charge in [-0.1, -0.05) is 18.2 Å². The van der Waals surface area contributed by atoms with Gasteiger partial charge in [0.05, 0.1) is 11.7 Å². The molecule has 1 amide bonds. The molecule has 0 aliphatic rings. The van der Waals surface area contributed by atoms with Crippen molar-refractivity contribution in [2.75, 3.05) is 11.9 Å². The fourth-order valence-corrected chi connectivity index (χ4v) is 1.96. The smallest absolute Gasteiger partial charge is 0.243 e. The number of anilines is 1. The molecule has 0 radical (unpaired) electrons. The van der Waals surface area contributed by atoms with Crippen LogP contribution < -0.4 is 10.6 Å². The summed E-state index contributed by atoms with van der Waals surface area (Å²) in [6, 6.07) is 10.2. The number of aromatic hydroxyl groups is 1. The minimum atomic E-state index is -0.553. The van der Waals surface area contributed by atoms with Crippen molar-refractivity contribution in [3.8, 4) is 5.75 Å². The molecule has 4 heteroatoms. The third-order valence-corrected chi connectivity index (χ3v) is 2.92. The maximum atomic E-state index is 11.9. The van der Waals surface area contributed by atoms with E-state index < -0.39 is 6.04 Å². The Morgan fingerprint density at radius 1 is 1.33 bits per heavy atom. The molecule has 4 nitrogen and oxygen atoms in total. The lowest BCUT2D eigenvalue weighted by molar-refractivity contribution is -0.119. The highest BCUT2D eigenvalue weighted by atomic mass is 16.3. The monoisotopic (exact) mass is 244 g/mol. The first-order chi connectivity index (χ1) is 8.50. The molecule has 0 fully saturated rings. The maximum Gasteiger partial charge on any atom is 0.243 e. The standard InChI is InChI=1S/C14H16N2O2/c1-9(15)14(18)16(2)13-5-3-4-10-6-7-11(17)8-12(10)13/h3-9,17H,15H2,1-2H3/t9-/m1/s1. The number of phenolic OH excluding ortho intramolecular Hbond substituents is 1. The molecule has 0 aliphatic carbocycles. The minimum Gasteiger partial charge on any atom is -0.508 e. The van der Waals surface area contributed by atoms with E-state index in [0.717, 1.165) is 16.5 Å². The van der Waals surface area contributed by atoms with Gasteiger partial charge in [-0.3, -0.25) is 4.79 Å². The number of nitrogens with zero attached hydrogens (tertiary/aromatic N) is 1. The van der Waals surface area contributed by atoms with Gasteiger partial charge >= 0.3 is 0 Å². The third kappa shape index (κ3) is 2.15. The Balaban J connectivity index is 2.57. The molecule has 0 saturated carbocycles. The Hall–Kier alpha value is -2.07. The number of amides is 1. The minimum absolute atomic E-state index is 0.161. The summed E-state index contributed by atoms with van der Waals surface area (Å²) < 4.78 is 0. The van der Waals surface area contributed by atoms with Crippen molar-refractivity contribution in [2.45, 2.75) is 13.0 Å². The molecule has 94 valence electrons. The predicted octanol–water partition coefficient (Wildman–Crippen LogP) is 1.86. The van der Waals surface area contributed by atoms with E-state index in [0.29, 0.717) is 0 Å². The second-order valence-corrected chi connectivity index (χ2v) is 4.37. The lowest BCUT2D eigenvalue weighted by Crippen LogP contribution is -2.39. The molecule has 0 heterocycles. The topological polar surface area (TPSA) is 66.6 Å². The SMILES string of the molecule is C[C@@H](N)C(=O)N(C)c1cccc2ccc(O)cc12. The van der Waals surface area contributed by atoms with Crippen LogP contribution in [-0.4, -0.2) is 24.1 Å². The van der Waals surface area contributed by atoms with Crippen molar-refractivity contribution < 1.29 is 9.90 Å². The Kier molecular flexibility index (Phi) is 3.21. The molecule has 0 aliphatic heterocycles. The molecular weight excluding hydrogens is 228 g/mol. The van der Waals surface area contributed by atoms with Gasteiger partial charge in [-0.15, -0.1) is 0 Å². The van der Waals surface area contributed by atoms with Gasteiger partial charge in [0.1, 0.15) is 5.75 Å². The van der Waals surface area contributed by atoms with Crippen LogP contribution in [0.5, 0.6) is 5.75 Å². The summed E-state index contributed by atoms with van der Waals surface area (Å²) in [5, 5.41) is 11.4. The van der Waals surface area contributed by atoms with Crippen molar-refractivity contribution >= 4 is 22.4 Å². The van der Waals surface area contributed by atoms with Crippen LogP contribution in [0.25, 0.3) is 10.8 Å². The molecule has 3 N–H and O–H groups in total. The summed E-state index contributed by atoms with van der Waals surface area (Å²) in [5.74, 6) is 0.0161. The fraction of sp³-hybridized carbons (Fsp3) is 0.214. The Labute approximate surface area is 106 Å². The molecule has 0 aromatic heterocycles. The van der Waals surface area contributed by atoms with E-state index in [4.69, 9.17) is 5.73 Å². The Bertz CT molecular complexity index is 593. The molecular formula is C14H16N2O2. The van der Waals surface area contributed by atoms with Crippen LogP contribution in [0.2, 0.25) is 0 Å². The van der Waals surface area contributed by atoms with E-state index in [2.05, 4.69) is 0 Å². The highest BCUT2D eigenvalue weighted by molar-refractivity contribution is 6.05. The largest absolute Gasteiger partial charge is 0.508 e. The normalized spacial score (nSPS) is 12.4. The highest BCUT2D eigenvalue weighted by Gasteiger charge is 2.16. The summed E-state index contributed by atoms with van der Waals surface area (Å²) in [5.41, 5.74) is 6.35. The number of fused-ring (bicyclic) bond motifs is 1. The molecule has 1 atom stereocenters. The van der Waals surface area contributed by atoms with Crippen molar-refractivity contribution in [1.82, 2.24) is 0 Å². The summed E-state index contributed by atoms with van der Waals surface area (Å²) >= 11 is 0. The predicted molar refractivity (Wildman–Crippen MR) is 72.7 cm³/mol. The van der Waals surface area contributed by atoms with Crippen molar-refractivity contribution in [2.24, 2.45) is 5.73 Å². The number of rotatable bonds is 2. The number of phenols is 1. The first-order valence-electron chi connectivity index (χ1n) is 5.75. The second kappa shape index (κ2) is 4.66. The van der Waals surface area contributed by atoms with Gasteiger partial charge in [0, 0.05) is 12.4 Å². The second-order valence-electron chi connectivity index (χ2n) is 4.37. The first kappa shape index (κ1) is 12.4. The third-order valence-electron chi connectivity index (χ3n) is 2.92. The summed E-state index contributed by atoms with van der Waals surface area (Å²) in [4.78, 5) is 13.4. The van der Waals surface area contributed by atoms with Crippen LogP contribution in [0.3, 0.4) is 0 Å². The van der Waals surface area contributed by atoms with Gasteiger partial charge in [0.2, 0.25) is 5.91 Å². The van der Waals surface area contributed by atoms with E-state index in [1.54, 1.807) is 26.1 Å². The van der Waals surface area contributed by atoms with Gasteiger partial charge < -0.3 is 15.7 Å². The molecule has 18 heavy (non-hydrogen) atoms. The quantitative estimate of drug-likeness (QED) is 0.847. The van der Waals surface area contributed by atoms with Gasteiger partial charge in [-0.05, 0) is 30.5 Å². The van der Waals surface area contributed by atoms with Crippen molar-refractivity contribution in [1.29, 1.82) is 0 Å². The molecule has 2 aromatic rings. The zero-order chi connectivity index (χ0) is 13.3. The molecule has 0 unspecified atom stereocenters. The van der Waals surface area contributed by atoms with E-state index in [1.807, 2.05) is 24.3 Å². The molecule has 0 spiro atoms. The van der Waals surface area contributed by atoms with Crippen LogP contribution in [0.15, 0.2) is 36.4 Å². The van der Waals surface area contributed by atoms with Crippen LogP contribution in [0.1, 0.15) is 6.92 Å². The average Bonchev–Trinajstić information content (AvgIpc) is 2.36. The van der Waals surface area contributed by atoms with Crippen LogP contribution in [0.4, 0.5) is 5.69 Å². The van der Waals surface area contributed by atoms with Crippen LogP contribution in [0, 0.1) is 0 Å². The summed E-state index contributed by atoms with van der Waals surface area (Å²) in [6.45, 7) is 1.65. The number of hydrogen-bond acceptors (Lipinski definition) is 3. The average molecular weight is 244 g/mol. The van der Waals surface area contributed by atoms with E-state index in [1.165, 1.54) is 4.90 Å². The maximum absolute atomic E-state index is 11.9. The number of likely N-dealkylation sites (N-methyl/N-ethyl adjacent to an activating group) is 1. The van der Waals surface area contributed by atoms with E-state index in [9.17, 15) is 9.90 Å². The Morgan fingerprint density at radius 2 is 2.06 bits per heavy atom. The van der Waals surface area contributed by atoms with Crippen LogP contribution >= 0.6 is 0 Å². The number of benzene rings is 2. The molecule has 2 rings (SSSR count). The number of nitrogens with two attached hydrogens (primary N) is 1. The van der Waals surface area contributed by atoms with E-state index >= 15 is 0 Å². The number of hydrogen-bond donors (Lipinski definition) is 2. The summed E-state index contributed by atoms with van der Waals surface area (Å²) in [6.07, 6.45) is 0. The van der Waals surface area contributed by atoms with Gasteiger partial charge in [-0.25, -0.2) is 0 Å².